The van der Waals surface area contributed by atoms with Crippen molar-refractivity contribution < 1.29 is 13.2 Å². The fourth-order valence-corrected chi connectivity index (χ4v) is 5.10. The van der Waals surface area contributed by atoms with Crippen molar-refractivity contribution in [3.05, 3.63) is 66.5 Å². The lowest BCUT2D eigenvalue weighted by molar-refractivity contribution is -0.115. The highest BCUT2D eigenvalue weighted by atomic mass is 32.2. The molecule has 0 aliphatic carbocycles. The number of amides is 1. The Hall–Kier alpha value is -4.10. The Labute approximate surface area is 210 Å². The molecule has 0 saturated heterocycles. The first-order valence-electron chi connectivity index (χ1n) is 10.8. The van der Waals surface area contributed by atoms with Gasteiger partial charge in [-0.15, -0.1) is 10.2 Å². The molecule has 0 fully saturated rings. The molecule has 3 N–H and O–H groups in total. The van der Waals surface area contributed by atoms with Crippen LogP contribution in [-0.2, 0) is 14.8 Å². The summed E-state index contributed by atoms with van der Waals surface area (Å²) in [6, 6.07) is 15.3. The summed E-state index contributed by atoms with van der Waals surface area (Å²) in [6.07, 6.45) is 1.69. The van der Waals surface area contributed by atoms with Crippen LogP contribution in [-0.4, -0.2) is 50.2 Å². The Morgan fingerprint density at radius 2 is 1.83 bits per heavy atom. The Morgan fingerprint density at radius 3 is 2.64 bits per heavy atom. The number of fused-ring (bicyclic) bond motifs is 3. The minimum atomic E-state index is -3.86. The molecule has 11 nitrogen and oxygen atoms in total. The van der Waals surface area contributed by atoms with Crippen molar-refractivity contribution >= 4 is 61.4 Å². The second-order valence-corrected chi connectivity index (χ2v) is 10.5. The van der Waals surface area contributed by atoms with Gasteiger partial charge in [-0.1, -0.05) is 30.0 Å². The highest BCUT2D eigenvalue weighted by Gasteiger charge is 2.16. The van der Waals surface area contributed by atoms with E-state index in [1.165, 1.54) is 42.2 Å². The number of hydrogen-bond acceptors (Lipinski definition) is 9. The number of para-hydroxylation sites is 1. The van der Waals surface area contributed by atoms with Crippen molar-refractivity contribution in [3.8, 4) is 0 Å². The molecule has 5 rings (SSSR count). The van der Waals surface area contributed by atoms with Crippen LogP contribution < -0.4 is 10.0 Å². The van der Waals surface area contributed by atoms with Gasteiger partial charge in [0.2, 0.25) is 17.0 Å². The number of nitrogens with zero attached hydrogens (tertiary/aromatic N) is 5. The van der Waals surface area contributed by atoms with E-state index in [-0.39, 0.29) is 23.2 Å². The second kappa shape index (κ2) is 9.87. The van der Waals surface area contributed by atoms with Gasteiger partial charge >= 0.3 is 0 Å². The molecule has 0 saturated carbocycles. The number of anilines is 2. The van der Waals surface area contributed by atoms with E-state index in [1.807, 2.05) is 24.3 Å². The number of hydrogen-bond donors (Lipinski definition) is 3. The van der Waals surface area contributed by atoms with Crippen LogP contribution in [0.25, 0.3) is 22.1 Å². The minimum Gasteiger partial charge on any atom is -0.338 e. The quantitative estimate of drug-likeness (QED) is 0.261. The molecule has 0 aliphatic heterocycles. The van der Waals surface area contributed by atoms with Crippen LogP contribution in [0.5, 0.6) is 0 Å². The Bertz CT molecular complexity index is 1670. The van der Waals surface area contributed by atoms with Crippen LogP contribution in [0.2, 0.25) is 0 Å². The first-order chi connectivity index (χ1) is 17.4. The molecule has 0 spiro atoms. The predicted octanol–water partition coefficient (Wildman–Crippen LogP) is 3.53. The Morgan fingerprint density at radius 1 is 1.03 bits per heavy atom. The molecule has 2 aromatic carbocycles. The average molecular weight is 521 g/mol. The molecular formula is C23H20N8O3S2. The summed E-state index contributed by atoms with van der Waals surface area (Å²) in [7, 11) is -3.86. The summed E-state index contributed by atoms with van der Waals surface area (Å²) in [5, 5.41) is 12.6. The lowest BCUT2D eigenvalue weighted by atomic mass is 10.2. The van der Waals surface area contributed by atoms with E-state index in [0.29, 0.717) is 33.5 Å². The van der Waals surface area contributed by atoms with E-state index in [4.69, 9.17) is 0 Å². The Balaban J connectivity index is 1.15. The number of aromatic amines is 1. The lowest BCUT2D eigenvalue weighted by Gasteiger charge is -2.09. The smallest absolute Gasteiger partial charge is 0.264 e. The number of thioether (sulfide) groups is 1. The van der Waals surface area contributed by atoms with E-state index in [2.05, 4.69) is 40.2 Å². The topological polar surface area (TPSA) is 156 Å². The molecule has 3 heterocycles. The molecule has 3 aromatic heterocycles. The van der Waals surface area contributed by atoms with Gasteiger partial charge in [-0.25, -0.2) is 28.1 Å². The predicted molar refractivity (Wildman–Crippen MR) is 137 cm³/mol. The number of carbonyl (C=O) groups excluding carboxylic acids is 1. The maximum Gasteiger partial charge on any atom is 0.264 e. The lowest BCUT2D eigenvalue weighted by Crippen LogP contribution is -2.16. The van der Waals surface area contributed by atoms with Gasteiger partial charge in [0.05, 0.1) is 4.90 Å². The zero-order chi connectivity index (χ0) is 25.1. The number of rotatable bonds is 8. The van der Waals surface area contributed by atoms with Gasteiger partial charge in [0.15, 0.2) is 5.65 Å². The molecule has 0 aliphatic rings. The molecule has 13 heteroatoms. The molecule has 182 valence electrons. The number of aryl methyl sites for hydroxylation is 1. The summed E-state index contributed by atoms with van der Waals surface area (Å²) in [5.41, 5.74) is 3.42. The van der Waals surface area contributed by atoms with Crippen molar-refractivity contribution in [2.45, 2.75) is 23.4 Å². The van der Waals surface area contributed by atoms with Crippen LogP contribution in [0.1, 0.15) is 12.1 Å². The van der Waals surface area contributed by atoms with Crippen LogP contribution in [0.15, 0.2) is 70.8 Å². The fourth-order valence-electron chi connectivity index (χ4n) is 3.42. The SMILES string of the molecule is Cc1ccnc(NS(=O)(=O)c2ccc(NC(=O)CCSc3nnc4c(n3)[nH]c3ccccc34)cc2)n1. The van der Waals surface area contributed by atoms with Gasteiger partial charge in [0, 0.05) is 40.7 Å². The third-order valence-corrected chi connectivity index (χ3v) is 7.32. The van der Waals surface area contributed by atoms with Gasteiger partial charge in [-0.2, -0.15) is 0 Å². The molecule has 0 bridgehead atoms. The van der Waals surface area contributed by atoms with Crippen molar-refractivity contribution in [3.63, 3.8) is 0 Å². The van der Waals surface area contributed by atoms with Crippen molar-refractivity contribution in [2.24, 2.45) is 0 Å². The van der Waals surface area contributed by atoms with E-state index >= 15 is 0 Å². The first-order valence-corrected chi connectivity index (χ1v) is 13.3. The summed E-state index contributed by atoms with van der Waals surface area (Å²) >= 11 is 1.33. The first kappa shape index (κ1) is 23.6. The number of aromatic nitrogens is 6. The minimum absolute atomic E-state index is 0.00671. The van der Waals surface area contributed by atoms with E-state index < -0.39 is 10.0 Å². The van der Waals surface area contributed by atoms with Gasteiger partial charge < -0.3 is 10.3 Å². The molecule has 0 unspecified atom stereocenters. The summed E-state index contributed by atoms with van der Waals surface area (Å²) in [6.45, 7) is 1.74. The average Bonchev–Trinajstić information content (AvgIpc) is 3.22. The van der Waals surface area contributed by atoms with Gasteiger partial charge in [0.25, 0.3) is 10.0 Å². The molecule has 5 aromatic rings. The van der Waals surface area contributed by atoms with Crippen molar-refractivity contribution in [1.29, 1.82) is 0 Å². The standard InChI is InChI=1S/C23H20N8O3S2/c1-14-10-12-24-22(25-14)31-36(33,34)16-8-6-15(7-9-16)26-19(32)11-13-35-23-28-21-20(29-30-23)17-4-2-3-5-18(17)27-21/h2-10,12H,11,13H2,1H3,(H,26,32)(H,24,25,31)(H,27,28,30). The fraction of sp³-hybridized carbons (Fsp3) is 0.130. The van der Waals surface area contributed by atoms with E-state index in [9.17, 15) is 13.2 Å². The highest BCUT2D eigenvalue weighted by molar-refractivity contribution is 7.99. The third kappa shape index (κ3) is 5.26. The summed E-state index contributed by atoms with van der Waals surface area (Å²) in [5.74, 6) is 0.225. The Kier molecular flexibility index (Phi) is 6.48. The van der Waals surface area contributed by atoms with Crippen LogP contribution in [0.4, 0.5) is 11.6 Å². The number of H-pyrrole nitrogens is 1. The van der Waals surface area contributed by atoms with Crippen LogP contribution >= 0.6 is 11.8 Å². The number of nitrogens with one attached hydrogen (secondary N) is 3. The second-order valence-electron chi connectivity index (χ2n) is 7.76. The normalized spacial score (nSPS) is 11.6. The van der Waals surface area contributed by atoms with Crippen LogP contribution in [0.3, 0.4) is 0 Å². The molecule has 36 heavy (non-hydrogen) atoms. The largest absolute Gasteiger partial charge is 0.338 e. The molecule has 0 radical (unpaired) electrons. The zero-order valence-corrected chi connectivity index (χ0v) is 20.6. The molecular weight excluding hydrogens is 500 g/mol. The zero-order valence-electron chi connectivity index (χ0n) is 19.0. The highest BCUT2D eigenvalue weighted by Crippen LogP contribution is 2.23. The van der Waals surface area contributed by atoms with Gasteiger partial charge in [-0.3, -0.25) is 4.79 Å². The van der Waals surface area contributed by atoms with E-state index in [1.54, 1.807) is 13.0 Å². The number of benzene rings is 2. The molecule has 0 atom stereocenters. The maximum atomic E-state index is 12.6. The summed E-state index contributed by atoms with van der Waals surface area (Å²) in [4.78, 5) is 28.0. The number of sulfonamides is 1. The summed E-state index contributed by atoms with van der Waals surface area (Å²) < 4.78 is 27.4. The van der Waals surface area contributed by atoms with Crippen LogP contribution in [0, 0.1) is 6.92 Å². The molecule has 1 amide bonds. The van der Waals surface area contributed by atoms with Gasteiger partial charge in [0.1, 0.15) is 5.52 Å². The van der Waals surface area contributed by atoms with E-state index in [0.717, 1.165) is 10.9 Å². The van der Waals surface area contributed by atoms with Gasteiger partial charge in [-0.05, 0) is 43.3 Å². The maximum absolute atomic E-state index is 12.6. The monoisotopic (exact) mass is 520 g/mol. The van der Waals surface area contributed by atoms with Crippen molar-refractivity contribution in [2.75, 3.05) is 15.8 Å². The third-order valence-electron chi connectivity index (χ3n) is 5.13. The number of carbonyl (C=O) groups is 1. The van der Waals surface area contributed by atoms with Crippen molar-refractivity contribution in [1.82, 2.24) is 30.1 Å².